The lowest BCUT2D eigenvalue weighted by Gasteiger charge is -2.37. The van der Waals surface area contributed by atoms with E-state index in [1.54, 1.807) is 4.31 Å². The van der Waals surface area contributed by atoms with Crippen molar-refractivity contribution in [1.82, 2.24) is 9.03 Å². The number of benzene rings is 1. The zero-order valence-corrected chi connectivity index (χ0v) is 16.9. The standard InChI is InChI=1S/C17H28N2O4S2/c1-13(2)12-18-24(20,21)16-8-10-17(11-9-16)25(22,23)19-14(3)6-5-7-15(19)4/h8-11,13-15,18H,5-7,12H2,1-4H3/t14-,15+. The highest BCUT2D eigenvalue weighted by atomic mass is 32.2. The van der Waals surface area contributed by atoms with Crippen LogP contribution in [0.25, 0.3) is 0 Å². The highest BCUT2D eigenvalue weighted by Crippen LogP contribution is 2.29. The van der Waals surface area contributed by atoms with Gasteiger partial charge in [0.1, 0.15) is 0 Å². The first-order chi connectivity index (χ1) is 11.6. The molecule has 0 spiro atoms. The summed E-state index contributed by atoms with van der Waals surface area (Å²) >= 11 is 0. The van der Waals surface area contributed by atoms with Crippen molar-refractivity contribution < 1.29 is 16.8 Å². The van der Waals surface area contributed by atoms with E-state index in [0.29, 0.717) is 6.54 Å². The molecule has 6 nitrogen and oxygen atoms in total. The van der Waals surface area contributed by atoms with E-state index in [-0.39, 0.29) is 27.8 Å². The normalized spacial score (nSPS) is 23.1. The van der Waals surface area contributed by atoms with Gasteiger partial charge in [0, 0.05) is 18.6 Å². The molecule has 0 saturated carbocycles. The molecule has 0 radical (unpaired) electrons. The number of rotatable bonds is 6. The fourth-order valence-corrected chi connectivity index (χ4v) is 6.24. The van der Waals surface area contributed by atoms with Crippen LogP contribution in [0.4, 0.5) is 0 Å². The maximum absolute atomic E-state index is 12.9. The minimum Gasteiger partial charge on any atom is -0.211 e. The Balaban J connectivity index is 2.27. The van der Waals surface area contributed by atoms with Crippen molar-refractivity contribution in [1.29, 1.82) is 0 Å². The van der Waals surface area contributed by atoms with Crippen molar-refractivity contribution in [2.24, 2.45) is 5.92 Å². The van der Waals surface area contributed by atoms with Crippen LogP contribution in [0.15, 0.2) is 34.1 Å². The van der Waals surface area contributed by atoms with Crippen LogP contribution < -0.4 is 4.72 Å². The summed E-state index contributed by atoms with van der Waals surface area (Å²) in [5.74, 6) is 0.191. The van der Waals surface area contributed by atoms with Crippen LogP contribution in [0, 0.1) is 5.92 Å². The molecule has 1 aromatic carbocycles. The van der Waals surface area contributed by atoms with Crippen LogP contribution in [0.1, 0.15) is 47.0 Å². The maximum atomic E-state index is 12.9. The summed E-state index contributed by atoms with van der Waals surface area (Å²) in [5.41, 5.74) is 0. The van der Waals surface area contributed by atoms with Crippen LogP contribution in [-0.4, -0.2) is 39.8 Å². The maximum Gasteiger partial charge on any atom is 0.243 e. The Hall–Kier alpha value is -0.960. The van der Waals surface area contributed by atoms with Crippen molar-refractivity contribution in [2.75, 3.05) is 6.54 Å². The molecule has 1 heterocycles. The Labute approximate surface area is 151 Å². The van der Waals surface area contributed by atoms with Gasteiger partial charge < -0.3 is 0 Å². The first-order valence-corrected chi connectivity index (χ1v) is 11.6. The molecule has 0 bridgehead atoms. The molecule has 142 valence electrons. The van der Waals surface area contributed by atoms with Crippen molar-refractivity contribution >= 4 is 20.0 Å². The summed E-state index contributed by atoms with van der Waals surface area (Å²) in [6.07, 6.45) is 2.71. The van der Waals surface area contributed by atoms with Crippen molar-refractivity contribution in [3.63, 3.8) is 0 Å². The average Bonchev–Trinajstić information content (AvgIpc) is 2.53. The summed E-state index contributed by atoms with van der Waals surface area (Å²) < 4.78 is 54.4. The van der Waals surface area contributed by atoms with Gasteiger partial charge in [-0.3, -0.25) is 0 Å². The zero-order valence-electron chi connectivity index (χ0n) is 15.3. The zero-order chi connectivity index (χ0) is 18.8. The van der Waals surface area contributed by atoms with Crippen LogP contribution in [0.3, 0.4) is 0 Å². The molecule has 1 N–H and O–H groups in total. The summed E-state index contributed by atoms with van der Waals surface area (Å²) in [7, 11) is -7.25. The van der Waals surface area contributed by atoms with Gasteiger partial charge in [0.15, 0.2) is 0 Å². The average molecular weight is 389 g/mol. The van der Waals surface area contributed by atoms with E-state index in [9.17, 15) is 16.8 Å². The highest BCUT2D eigenvalue weighted by Gasteiger charge is 2.35. The lowest BCUT2D eigenvalue weighted by Crippen LogP contribution is -2.47. The van der Waals surface area contributed by atoms with Gasteiger partial charge in [-0.2, -0.15) is 4.31 Å². The quantitative estimate of drug-likeness (QED) is 0.812. The third-order valence-corrected chi connectivity index (χ3v) is 8.09. The second-order valence-corrected chi connectivity index (χ2v) is 10.8. The second-order valence-electron chi connectivity index (χ2n) is 7.18. The van der Waals surface area contributed by atoms with Crippen molar-refractivity contribution in [2.45, 2.75) is 68.8 Å². The van der Waals surface area contributed by atoms with Crippen LogP contribution >= 0.6 is 0 Å². The molecule has 8 heteroatoms. The number of hydrogen-bond donors (Lipinski definition) is 1. The molecule has 0 unspecified atom stereocenters. The van der Waals surface area contributed by atoms with E-state index in [0.717, 1.165) is 19.3 Å². The topological polar surface area (TPSA) is 83.5 Å². The molecule has 0 amide bonds. The van der Waals surface area contributed by atoms with Gasteiger partial charge in [-0.25, -0.2) is 21.6 Å². The number of nitrogens with one attached hydrogen (secondary N) is 1. The first-order valence-electron chi connectivity index (χ1n) is 8.69. The van der Waals surface area contributed by atoms with E-state index in [2.05, 4.69) is 4.72 Å². The lowest BCUT2D eigenvalue weighted by molar-refractivity contribution is 0.204. The molecule has 1 saturated heterocycles. The van der Waals surface area contributed by atoms with E-state index < -0.39 is 20.0 Å². The minimum atomic E-state index is -3.63. The molecule has 2 atom stereocenters. The molecule has 0 aromatic heterocycles. The fraction of sp³-hybridized carbons (Fsp3) is 0.647. The van der Waals surface area contributed by atoms with Gasteiger partial charge in [0.05, 0.1) is 9.79 Å². The summed E-state index contributed by atoms with van der Waals surface area (Å²) in [4.78, 5) is 0.211. The van der Waals surface area contributed by atoms with Gasteiger partial charge in [0.25, 0.3) is 0 Å². The third-order valence-electron chi connectivity index (χ3n) is 4.50. The van der Waals surface area contributed by atoms with Crippen LogP contribution in [-0.2, 0) is 20.0 Å². The number of piperidine rings is 1. The van der Waals surface area contributed by atoms with E-state index in [4.69, 9.17) is 0 Å². The Kier molecular flexibility index (Phi) is 6.30. The van der Waals surface area contributed by atoms with Gasteiger partial charge in [-0.05, 0) is 56.9 Å². The highest BCUT2D eigenvalue weighted by molar-refractivity contribution is 7.89. The Morgan fingerprint density at radius 1 is 1.00 bits per heavy atom. The molecule has 1 aromatic rings. The summed E-state index contributed by atoms with van der Waals surface area (Å²) in [5, 5.41) is 0. The second kappa shape index (κ2) is 7.73. The Morgan fingerprint density at radius 3 is 1.96 bits per heavy atom. The van der Waals surface area contributed by atoms with E-state index in [1.165, 1.54) is 24.3 Å². The monoisotopic (exact) mass is 388 g/mol. The molecule has 2 rings (SSSR count). The SMILES string of the molecule is CC(C)CNS(=O)(=O)c1ccc(S(=O)(=O)N2[C@H](C)CCC[C@@H]2C)cc1. The molecule has 0 aliphatic carbocycles. The summed E-state index contributed by atoms with van der Waals surface area (Å²) in [6.45, 7) is 8.01. The number of hydrogen-bond acceptors (Lipinski definition) is 4. The van der Waals surface area contributed by atoms with Crippen molar-refractivity contribution in [3.8, 4) is 0 Å². The molecule has 1 aliphatic rings. The molecule has 1 aliphatic heterocycles. The van der Waals surface area contributed by atoms with Crippen molar-refractivity contribution in [3.05, 3.63) is 24.3 Å². The molecular formula is C17H28N2O4S2. The lowest BCUT2D eigenvalue weighted by atomic mass is 10.0. The third kappa shape index (κ3) is 4.61. The van der Waals surface area contributed by atoms with E-state index in [1.807, 2.05) is 27.7 Å². The smallest absolute Gasteiger partial charge is 0.211 e. The fourth-order valence-electron chi connectivity index (χ4n) is 3.14. The van der Waals surface area contributed by atoms with Crippen LogP contribution in [0.5, 0.6) is 0 Å². The molecule has 1 fully saturated rings. The number of sulfonamides is 2. The Morgan fingerprint density at radius 2 is 1.48 bits per heavy atom. The number of nitrogens with zero attached hydrogens (tertiary/aromatic N) is 1. The predicted octanol–water partition coefficient (Wildman–Crippen LogP) is 2.57. The van der Waals surface area contributed by atoms with Gasteiger partial charge >= 0.3 is 0 Å². The Bertz CT molecular complexity index is 776. The van der Waals surface area contributed by atoms with Gasteiger partial charge in [0.2, 0.25) is 20.0 Å². The van der Waals surface area contributed by atoms with Crippen LogP contribution in [0.2, 0.25) is 0 Å². The minimum absolute atomic E-state index is 0.0510. The van der Waals surface area contributed by atoms with Gasteiger partial charge in [-0.1, -0.05) is 20.3 Å². The van der Waals surface area contributed by atoms with E-state index >= 15 is 0 Å². The molecular weight excluding hydrogens is 360 g/mol. The largest absolute Gasteiger partial charge is 0.243 e. The first kappa shape index (κ1) is 20.4. The molecule has 25 heavy (non-hydrogen) atoms. The van der Waals surface area contributed by atoms with Gasteiger partial charge in [-0.15, -0.1) is 0 Å². The predicted molar refractivity (Wildman–Crippen MR) is 98.3 cm³/mol. The summed E-state index contributed by atoms with van der Waals surface area (Å²) in [6, 6.07) is 5.37.